The lowest BCUT2D eigenvalue weighted by molar-refractivity contribution is -0.132. The molecule has 0 atom stereocenters. The fourth-order valence-corrected chi connectivity index (χ4v) is 4.04. The van der Waals surface area contributed by atoms with Crippen molar-refractivity contribution in [3.8, 4) is 11.1 Å². The second-order valence-electron chi connectivity index (χ2n) is 7.66. The van der Waals surface area contributed by atoms with Crippen LogP contribution in [0.1, 0.15) is 11.4 Å². The zero-order chi connectivity index (χ0) is 22.0. The first-order chi connectivity index (χ1) is 14.9. The maximum Gasteiger partial charge on any atom is 0.244 e. The van der Waals surface area contributed by atoms with E-state index >= 15 is 0 Å². The third kappa shape index (κ3) is 4.64. The Labute approximate surface area is 186 Å². The molecule has 1 amide bonds. The molecule has 9 heteroatoms. The Morgan fingerprint density at radius 1 is 1.10 bits per heavy atom. The Kier molecular flexibility index (Phi) is 6.08. The maximum atomic E-state index is 12.8. The van der Waals surface area contributed by atoms with E-state index in [-0.39, 0.29) is 12.5 Å². The molecular formula is C22H26ClN7O. The van der Waals surface area contributed by atoms with E-state index in [9.17, 15) is 4.79 Å². The van der Waals surface area contributed by atoms with Crippen molar-refractivity contribution in [1.29, 1.82) is 0 Å². The number of halogens is 1. The molecule has 1 saturated heterocycles. The number of amides is 1. The third-order valence-electron chi connectivity index (χ3n) is 5.51. The number of hydrogen-bond acceptors (Lipinski definition) is 6. The van der Waals surface area contributed by atoms with Crippen molar-refractivity contribution in [1.82, 2.24) is 24.6 Å². The van der Waals surface area contributed by atoms with Gasteiger partial charge >= 0.3 is 0 Å². The summed E-state index contributed by atoms with van der Waals surface area (Å²) in [4.78, 5) is 25.6. The molecule has 4 rings (SSSR count). The Bertz CT molecular complexity index is 1070. The highest BCUT2D eigenvalue weighted by molar-refractivity contribution is 6.31. The van der Waals surface area contributed by atoms with Crippen molar-refractivity contribution in [2.75, 3.05) is 43.4 Å². The van der Waals surface area contributed by atoms with Gasteiger partial charge in [0.2, 0.25) is 11.9 Å². The number of carbonyl (C=O) groups is 1. The molecule has 0 aliphatic carbocycles. The zero-order valence-corrected chi connectivity index (χ0v) is 18.7. The molecule has 0 saturated carbocycles. The topological polar surface area (TPSA) is 79.2 Å². The van der Waals surface area contributed by atoms with E-state index in [1.807, 2.05) is 43.0 Å². The molecule has 2 aromatic heterocycles. The van der Waals surface area contributed by atoms with Gasteiger partial charge in [-0.2, -0.15) is 5.10 Å². The van der Waals surface area contributed by atoms with E-state index in [4.69, 9.17) is 11.6 Å². The smallest absolute Gasteiger partial charge is 0.244 e. The van der Waals surface area contributed by atoms with Crippen LogP contribution in [-0.2, 0) is 11.3 Å². The molecule has 1 aromatic carbocycles. The van der Waals surface area contributed by atoms with Gasteiger partial charge in [0.1, 0.15) is 6.54 Å². The lowest BCUT2D eigenvalue weighted by Gasteiger charge is -2.37. The summed E-state index contributed by atoms with van der Waals surface area (Å²) < 4.78 is 1.77. The van der Waals surface area contributed by atoms with Gasteiger partial charge in [0.05, 0.1) is 5.69 Å². The lowest BCUT2D eigenvalue weighted by atomic mass is 10.1. The number of rotatable bonds is 5. The van der Waals surface area contributed by atoms with Crippen LogP contribution < -0.4 is 10.2 Å². The average molecular weight is 440 g/mol. The second kappa shape index (κ2) is 8.93. The van der Waals surface area contributed by atoms with Crippen LogP contribution in [0.3, 0.4) is 0 Å². The molecule has 1 N–H and O–H groups in total. The number of benzene rings is 1. The molecule has 3 heterocycles. The zero-order valence-electron chi connectivity index (χ0n) is 18.0. The minimum Gasteiger partial charge on any atom is -0.367 e. The molecule has 1 aliphatic rings. The number of nitrogens with zero attached hydrogens (tertiary/aromatic N) is 6. The molecule has 0 bridgehead atoms. The second-order valence-corrected chi connectivity index (χ2v) is 8.10. The van der Waals surface area contributed by atoms with Crippen molar-refractivity contribution < 1.29 is 4.79 Å². The van der Waals surface area contributed by atoms with Crippen LogP contribution in [0.4, 0.5) is 11.6 Å². The third-order valence-corrected chi connectivity index (χ3v) is 5.74. The molecule has 1 aliphatic heterocycles. The van der Waals surface area contributed by atoms with E-state index < -0.39 is 0 Å². The first kappa shape index (κ1) is 21.1. The SMILES string of the molecule is CNc1ncc(-c2cc(Cl)ccc2N2CCN(C(=O)Cn3nc(C)cc3C)CC2)cn1. The predicted molar refractivity (Wildman–Crippen MR) is 123 cm³/mol. The van der Waals surface area contributed by atoms with Gasteiger partial charge in [-0.1, -0.05) is 11.6 Å². The van der Waals surface area contributed by atoms with Gasteiger partial charge in [-0.25, -0.2) is 9.97 Å². The van der Waals surface area contributed by atoms with Gasteiger partial charge in [-0.05, 0) is 38.1 Å². The van der Waals surface area contributed by atoms with Gasteiger partial charge in [0, 0.05) is 73.2 Å². The summed E-state index contributed by atoms with van der Waals surface area (Å²) in [6.45, 7) is 7.00. The van der Waals surface area contributed by atoms with Crippen LogP contribution in [0.5, 0.6) is 0 Å². The summed E-state index contributed by atoms with van der Waals surface area (Å²) >= 11 is 6.29. The largest absolute Gasteiger partial charge is 0.367 e. The quantitative estimate of drug-likeness (QED) is 0.658. The number of aromatic nitrogens is 4. The van der Waals surface area contributed by atoms with Crippen LogP contribution >= 0.6 is 11.6 Å². The van der Waals surface area contributed by atoms with E-state index in [1.54, 1.807) is 24.1 Å². The number of hydrogen-bond donors (Lipinski definition) is 1. The number of piperazine rings is 1. The van der Waals surface area contributed by atoms with E-state index in [0.29, 0.717) is 24.1 Å². The van der Waals surface area contributed by atoms with E-state index in [2.05, 4.69) is 25.3 Å². The molecule has 0 unspecified atom stereocenters. The average Bonchev–Trinajstić information content (AvgIpc) is 3.10. The Hall–Kier alpha value is -3.13. The molecule has 0 radical (unpaired) electrons. The van der Waals surface area contributed by atoms with Gasteiger partial charge in [-0.3, -0.25) is 9.48 Å². The molecule has 0 spiro atoms. The highest BCUT2D eigenvalue weighted by Gasteiger charge is 2.24. The summed E-state index contributed by atoms with van der Waals surface area (Å²) in [5.41, 5.74) is 4.88. The first-order valence-corrected chi connectivity index (χ1v) is 10.7. The monoisotopic (exact) mass is 439 g/mol. The highest BCUT2D eigenvalue weighted by atomic mass is 35.5. The fraction of sp³-hybridized carbons (Fsp3) is 0.364. The van der Waals surface area contributed by atoms with Gasteiger partial charge in [-0.15, -0.1) is 0 Å². The van der Waals surface area contributed by atoms with E-state index in [0.717, 1.165) is 41.3 Å². The standard InChI is InChI=1S/C22H26ClN7O/c1-15-10-16(2)30(27-15)14-21(31)29-8-6-28(7-9-29)20-5-4-18(23)11-19(20)17-12-25-22(24-3)26-13-17/h4-5,10-13H,6-9,14H2,1-3H3,(H,24,25,26). The molecule has 8 nitrogen and oxygen atoms in total. The van der Waals surface area contributed by atoms with Crippen LogP contribution in [0, 0.1) is 13.8 Å². The van der Waals surface area contributed by atoms with Crippen molar-refractivity contribution in [3.63, 3.8) is 0 Å². The van der Waals surface area contributed by atoms with Crippen molar-refractivity contribution in [2.45, 2.75) is 20.4 Å². The van der Waals surface area contributed by atoms with Crippen LogP contribution in [-0.4, -0.2) is 63.8 Å². The molecule has 31 heavy (non-hydrogen) atoms. The fourth-order valence-electron chi connectivity index (χ4n) is 3.87. The number of aryl methyl sites for hydroxylation is 2. The van der Waals surface area contributed by atoms with E-state index in [1.165, 1.54) is 0 Å². The molecule has 3 aromatic rings. The molecule has 1 fully saturated rings. The Morgan fingerprint density at radius 3 is 2.42 bits per heavy atom. The maximum absolute atomic E-state index is 12.8. The van der Waals surface area contributed by atoms with Crippen LogP contribution in [0.2, 0.25) is 5.02 Å². The van der Waals surface area contributed by atoms with Crippen LogP contribution in [0.25, 0.3) is 11.1 Å². The van der Waals surface area contributed by atoms with Gasteiger partial charge < -0.3 is 15.1 Å². The van der Waals surface area contributed by atoms with Crippen molar-refractivity contribution in [2.24, 2.45) is 0 Å². The summed E-state index contributed by atoms with van der Waals surface area (Å²) in [5.74, 6) is 0.667. The minimum atomic E-state index is 0.0956. The predicted octanol–water partition coefficient (Wildman–Crippen LogP) is 3.00. The molecular weight excluding hydrogens is 414 g/mol. The summed E-state index contributed by atoms with van der Waals surface area (Å²) in [6, 6.07) is 7.84. The summed E-state index contributed by atoms with van der Waals surface area (Å²) in [5, 5.41) is 8.00. The van der Waals surface area contributed by atoms with Crippen molar-refractivity contribution in [3.05, 3.63) is 53.1 Å². The molecule has 162 valence electrons. The number of anilines is 2. The highest BCUT2D eigenvalue weighted by Crippen LogP contribution is 2.33. The minimum absolute atomic E-state index is 0.0956. The summed E-state index contributed by atoms with van der Waals surface area (Å²) in [6.07, 6.45) is 3.59. The Balaban J connectivity index is 1.47. The van der Waals surface area contributed by atoms with Crippen LogP contribution in [0.15, 0.2) is 36.7 Å². The number of carbonyl (C=O) groups excluding carboxylic acids is 1. The van der Waals surface area contributed by atoms with Crippen molar-refractivity contribution >= 4 is 29.1 Å². The lowest BCUT2D eigenvalue weighted by Crippen LogP contribution is -2.49. The normalized spacial score (nSPS) is 14.1. The Morgan fingerprint density at radius 2 is 1.81 bits per heavy atom. The van der Waals surface area contributed by atoms with Gasteiger partial charge in [0.15, 0.2) is 0 Å². The van der Waals surface area contributed by atoms with Gasteiger partial charge in [0.25, 0.3) is 0 Å². The number of nitrogens with one attached hydrogen (secondary N) is 1. The first-order valence-electron chi connectivity index (χ1n) is 10.3. The summed E-state index contributed by atoms with van der Waals surface area (Å²) in [7, 11) is 1.79.